The monoisotopic (exact) mass is 121 g/mol. The average molecular weight is 121 g/mol. The first-order valence-corrected chi connectivity index (χ1v) is 2.98. The van der Waals surface area contributed by atoms with E-state index in [4.69, 9.17) is 2.74 Å². The van der Waals surface area contributed by atoms with Gasteiger partial charge in [0.15, 0.2) is 0 Å². The van der Waals surface area contributed by atoms with Crippen LogP contribution in [0.4, 0.5) is 0 Å². The van der Waals surface area contributed by atoms with Crippen LogP contribution in [0.5, 0.6) is 0 Å². The van der Waals surface area contributed by atoms with Crippen LogP contribution in [0.25, 0.3) is 0 Å². The molecule has 1 aromatic carbocycles. The number of nitrogens with one attached hydrogen (secondary N) is 1. The molecule has 2 unspecified atom stereocenters. The molecule has 1 aliphatic rings. The van der Waals surface area contributed by atoms with Crippen molar-refractivity contribution in [1.29, 1.82) is 0 Å². The van der Waals surface area contributed by atoms with E-state index in [1.807, 2.05) is 24.3 Å². The molecule has 0 aromatic heterocycles. The fourth-order valence-electron chi connectivity index (χ4n) is 0.995. The quantitative estimate of drug-likeness (QED) is 0.545. The minimum Gasteiger partial charge on any atom is -0.309 e. The Bertz CT molecular complexity index is 248. The summed E-state index contributed by atoms with van der Waals surface area (Å²) in [6.07, 6.45) is 0. The van der Waals surface area contributed by atoms with Gasteiger partial charge in [-0.1, -0.05) is 24.3 Å². The minimum absolute atomic E-state index is 0.409. The summed E-state index contributed by atoms with van der Waals surface area (Å²) in [4.78, 5) is 0. The molecular formula is C8H9N. The third-order valence-corrected chi connectivity index (χ3v) is 1.47. The van der Waals surface area contributed by atoms with Crippen LogP contribution in [-0.4, -0.2) is 0 Å². The molecule has 2 rings (SSSR count). The van der Waals surface area contributed by atoms with Gasteiger partial charge in [-0.2, -0.15) is 0 Å². The Morgan fingerprint density at radius 3 is 2.33 bits per heavy atom. The molecule has 0 fully saturated rings. The van der Waals surface area contributed by atoms with Crippen molar-refractivity contribution in [1.82, 2.24) is 5.32 Å². The molecular weight excluding hydrogens is 110 g/mol. The Labute approximate surface area is 57.5 Å². The zero-order valence-corrected chi connectivity index (χ0v) is 4.96. The van der Waals surface area contributed by atoms with Crippen LogP contribution >= 0.6 is 0 Å². The van der Waals surface area contributed by atoms with Crippen molar-refractivity contribution in [3.8, 4) is 0 Å². The van der Waals surface area contributed by atoms with E-state index in [0.29, 0.717) is 0 Å². The molecule has 1 aliphatic heterocycles. The lowest BCUT2D eigenvalue weighted by Gasteiger charge is -1.91. The fraction of sp³-hybridized carbons (Fsp3) is 0.250. The molecule has 0 spiro atoms. The molecule has 1 N–H and O–H groups in total. The second kappa shape index (κ2) is 1.85. The van der Waals surface area contributed by atoms with E-state index in [-0.39, 0.29) is 0 Å². The summed E-state index contributed by atoms with van der Waals surface area (Å²) in [6.45, 7) is -0.817. The number of rotatable bonds is 0. The van der Waals surface area contributed by atoms with Crippen LogP contribution in [0.15, 0.2) is 24.3 Å². The Balaban J connectivity index is 2.52. The number of fused-ring (bicyclic) bond motifs is 1. The zero-order chi connectivity index (χ0) is 7.84. The number of hydrogen-bond donors (Lipinski definition) is 1. The van der Waals surface area contributed by atoms with Gasteiger partial charge in [-0.3, -0.25) is 0 Å². The van der Waals surface area contributed by atoms with Crippen LogP contribution in [0.2, 0.25) is 0 Å². The average Bonchev–Trinajstić information content (AvgIpc) is 2.30. The van der Waals surface area contributed by atoms with Crippen molar-refractivity contribution in [3.63, 3.8) is 0 Å². The lowest BCUT2D eigenvalue weighted by Crippen LogP contribution is -1.99. The maximum Gasteiger partial charge on any atom is 0.0479 e. The smallest absolute Gasteiger partial charge is 0.0479 e. The summed E-state index contributed by atoms with van der Waals surface area (Å²) < 4.78 is 15.0. The normalized spacial score (nSPS) is 35.1. The number of hydrogen-bond acceptors (Lipinski definition) is 1. The van der Waals surface area contributed by atoms with Gasteiger partial charge in [-0.25, -0.2) is 0 Å². The third-order valence-electron chi connectivity index (χ3n) is 1.47. The van der Waals surface area contributed by atoms with Gasteiger partial charge in [0.25, 0.3) is 0 Å². The molecule has 1 aromatic rings. The van der Waals surface area contributed by atoms with Crippen molar-refractivity contribution in [2.75, 3.05) is 0 Å². The summed E-state index contributed by atoms with van der Waals surface area (Å²) in [6, 6.07) is 7.60. The highest BCUT2D eigenvalue weighted by Crippen LogP contribution is 2.12. The maximum absolute atomic E-state index is 7.51. The highest BCUT2D eigenvalue weighted by molar-refractivity contribution is 5.29. The largest absolute Gasteiger partial charge is 0.309 e. The highest BCUT2D eigenvalue weighted by Gasteiger charge is 2.06. The first kappa shape index (κ1) is 3.37. The van der Waals surface area contributed by atoms with E-state index < -0.39 is 13.0 Å². The second-order valence-corrected chi connectivity index (χ2v) is 2.08. The molecule has 46 valence electrons. The molecule has 1 heteroatoms. The van der Waals surface area contributed by atoms with Crippen molar-refractivity contribution in [2.24, 2.45) is 0 Å². The summed E-state index contributed by atoms with van der Waals surface area (Å²) in [7, 11) is 0. The summed E-state index contributed by atoms with van der Waals surface area (Å²) in [5.41, 5.74) is 1.88. The van der Waals surface area contributed by atoms with Crippen LogP contribution in [0.1, 0.15) is 13.9 Å². The van der Waals surface area contributed by atoms with Gasteiger partial charge in [-0.15, -0.1) is 0 Å². The molecule has 0 bridgehead atoms. The summed E-state index contributed by atoms with van der Waals surface area (Å²) >= 11 is 0. The van der Waals surface area contributed by atoms with Gasteiger partial charge >= 0.3 is 0 Å². The second-order valence-electron chi connectivity index (χ2n) is 2.08. The SMILES string of the molecule is [2H]C1NC([2H])c2ccccc21. The lowest BCUT2D eigenvalue weighted by molar-refractivity contribution is 0.765. The standard InChI is InChI=1S/C8H9N/c1-2-4-8-6-9-5-7(8)3-1/h1-4,9H,5-6H2/i5D,6D. The van der Waals surface area contributed by atoms with E-state index in [9.17, 15) is 0 Å². The first-order valence-electron chi connectivity index (χ1n) is 4.14. The van der Waals surface area contributed by atoms with Crippen LogP contribution in [0, 0.1) is 0 Å². The Morgan fingerprint density at radius 1 is 1.22 bits per heavy atom. The predicted octanol–water partition coefficient (Wildman–Crippen LogP) is 1.29. The Kier molecular flexibility index (Phi) is 0.693. The maximum atomic E-state index is 7.51. The lowest BCUT2D eigenvalue weighted by atomic mass is 10.1. The zero-order valence-electron chi connectivity index (χ0n) is 6.96. The van der Waals surface area contributed by atoms with Gasteiger partial charge in [0.05, 0.1) is 0 Å². The summed E-state index contributed by atoms with van der Waals surface area (Å²) in [5, 5.41) is 2.82. The molecule has 0 amide bonds. The Morgan fingerprint density at radius 2 is 1.78 bits per heavy atom. The van der Waals surface area contributed by atoms with Gasteiger partial charge in [-0.05, 0) is 11.1 Å². The van der Waals surface area contributed by atoms with Crippen LogP contribution < -0.4 is 5.32 Å². The van der Waals surface area contributed by atoms with Gasteiger partial charge in [0.1, 0.15) is 0 Å². The number of benzene rings is 1. The molecule has 1 nitrogen and oxygen atoms in total. The Hall–Kier alpha value is -0.820. The van der Waals surface area contributed by atoms with Crippen LogP contribution in [0.3, 0.4) is 0 Å². The van der Waals surface area contributed by atoms with Gasteiger partial charge < -0.3 is 5.32 Å². The van der Waals surface area contributed by atoms with Crippen molar-refractivity contribution in [3.05, 3.63) is 35.4 Å². The first-order chi connectivity index (χ1) is 5.29. The van der Waals surface area contributed by atoms with E-state index in [1.165, 1.54) is 0 Å². The van der Waals surface area contributed by atoms with E-state index in [1.54, 1.807) is 0 Å². The fourth-order valence-corrected chi connectivity index (χ4v) is 0.995. The molecule has 1 heterocycles. The predicted molar refractivity (Wildman–Crippen MR) is 37.0 cm³/mol. The molecule has 0 saturated heterocycles. The van der Waals surface area contributed by atoms with Crippen molar-refractivity contribution >= 4 is 0 Å². The minimum atomic E-state index is -0.409. The molecule has 0 aliphatic carbocycles. The topological polar surface area (TPSA) is 12.0 Å². The molecule has 2 atom stereocenters. The van der Waals surface area contributed by atoms with E-state index in [2.05, 4.69) is 5.32 Å². The van der Waals surface area contributed by atoms with E-state index in [0.717, 1.165) is 11.1 Å². The summed E-state index contributed by atoms with van der Waals surface area (Å²) in [5.74, 6) is 0. The highest BCUT2D eigenvalue weighted by atomic mass is 14.9. The van der Waals surface area contributed by atoms with Crippen molar-refractivity contribution in [2.45, 2.75) is 13.0 Å². The third kappa shape index (κ3) is 0.736. The van der Waals surface area contributed by atoms with Gasteiger partial charge in [0.2, 0.25) is 0 Å². The molecule has 9 heavy (non-hydrogen) atoms. The van der Waals surface area contributed by atoms with Gasteiger partial charge in [0, 0.05) is 15.8 Å². The van der Waals surface area contributed by atoms with E-state index >= 15 is 0 Å². The molecule has 0 saturated carbocycles. The van der Waals surface area contributed by atoms with Crippen molar-refractivity contribution < 1.29 is 2.74 Å². The van der Waals surface area contributed by atoms with Crippen LogP contribution in [-0.2, 0) is 13.0 Å². The molecule has 0 radical (unpaired) electrons.